The fourth-order valence-corrected chi connectivity index (χ4v) is 3.20. The first-order chi connectivity index (χ1) is 11.4. The number of fused-ring (bicyclic) bond motifs is 1. The van der Waals surface area contributed by atoms with Crippen LogP contribution in [0, 0.1) is 18.3 Å². The van der Waals surface area contributed by atoms with Crippen LogP contribution in [-0.4, -0.2) is 4.98 Å². The van der Waals surface area contributed by atoms with Gasteiger partial charge in [0, 0.05) is 0 Å². The van der Waals surface area contributed by atoms with Gasteiger partial charge in [0.2, 0.25) is 0 Å². The van der Waals surface area contributed by atoms with Crippen LogP contribution in [0.3, 0.4) is 0 Å². The number of aryl methyl sites for hydroxylation is 1. The van der Waals surface area contributed by atoms with Crippen LogP contribution in [0.25, 0.3) is 21.9 Å². The molecule has 0 unspecified atom stereocenters. The molecule has 2 nitrogen and oxygen atoms in total. The van der Waals surface area contributed by atoms with E-state index in [9.17, 15) is 18.4 Å². The molecule has 0 radical (unpaired) electrons. The lowest BCUT2D eigenvalue weighted by molar-refractivity contribution is -0.137. The second-order valence-corrected chi connectivity index (χ2v) is 6.31. The number of hydrogen-bond donors (Lipinski definition) is 0. The molecule has 0 atom stereocenters. The van der Waals surface area contributed by atoms with Gasteiger partial charge in [0.05, 0.1) is 21.4 Å². The quantitative estimate of drug-likeness (QED) is 0.560. The molecule has 0 bridgehead atoms. The van der Waals surface area contributed by atoms with Gasteiger partial charge in [-0.2, -0.15) is 18.4 Å². The lowest BCUT2D eigenvalue weighted by atomic mass is 10.1. The second kappa shape index (κ2) is 6.10. The summed E-state index contributed by atoms with van der Waals surface area (Å²) < 4.78 is 39.0. The minimum absolute atomic E-state index is 0.246. The molecule has 0 aliphatic rings. The van der Waals surface area contributed by atoms with Crippen molar-refractivity contribution < 1.29 is 13.2 Å². The molecule has 0 N–H and O–H groups in total. The normalized spacial score (nSPS) is 12.4. The summed E-state index contributed by atoms with van der Waals surface area (Å²) in [7, 11) is 0. The highest BCUT2D eigenvalue weighted by Gasteiger charge is 2.30. The van der Waals surface area contributed by atoms with E-state index in [1.165, 1.54) is 17.4 Å². The van der Waals surface area contributed by atoms with Gasteiger partial charge in [-0.05, 0) is 36.8 Å². The van der Waals surface area contributed by atoms with Crippen molar-refractivity contribution in [2.75, 3.05) is 0 Å². The average Bonchev–Trinajstić information content (AvgIpc) is 2.94. The number of rotatable bonds is 2. The molecule has 0 saturated heterocycles. The highest BCUT2D eigenvalue weighted by Crippen LogP contribution is 2.34. The van der Waals surface area contributed by atoms with Crippen molar-refractivity contribution in [3.05, 3.63) is 64.2 Å². The van der Waals surface area contributed by atoms with Crippen LogP contribution in [0.4, 0.5) is 13.2 Å². The fourth-order valence-electron chi connectivity index (χ4n) is 2.29. The van der Waals surface area contributed by atoms with Crippen molar-refractivity contribution in [1.82, 2.24) is 4.98 Å². The highest BCUT2D eigenvalue weighted by atomic mass is 32.1. The molecule has 120 valence electrons. The Morgan fingerprint density at radius 2 is 2.00 bits per heavy atom. The van der Waals surface area contributed by atoms with Gasteiger partial charge in [-0.1, -0.05) is 29.8 Å². The Morgan fingerprint density at radius 3 is 2.67 bits per heavy atom. The van der Waals surface area contributed by atoms with E-state index in [1.54, 1.807) is 6.08 Å². The third kappa shape index (κ3) is 3.31. The van der Waals surface area contributed by atoms with Gasteiger partial charge in [-0.15, -0.1) is 11.3 Å². The number of nitrogens with zero attached hydrogens (tertiary/aromatic N) is 2. The van der Waals surface area contributed by atoms with Crippen molar-refractivity contribution in [2.24, 2.45) is 0 Å². The van der Waals surface area contributed by atoms with Crippen molar-refractivity contribution in [3.63, 3.8) is 0 Å². The molecule has 0 saturated carbocycles. The summed E-state index contributed by atoms with van der Waals surface area (Å²) in [6.07, 6.45) is -2.72. The Bertz CT molecular complexity index is 978. The molecular formula is C18H11F3N2S. The summed E-state index contributed by atoms with van der Waals surface area (Å²) in [5.41, 5.74) is 1.74. The van der Waals surface area contributed by atoms with Crippen LogP contribution in [0.5, 0.6) is 0 Å². The van der Waals surface area contributed by atoms with Gasteiger partial charge in [0.25, 0.3) is 0 Å². The number of allylic oxidation sites excluding steroid dienone is 1. The Hall–Kier alpha value is -2.65. The summed E-state index contributed by atoms with van der Waals surface area (Å²) >= 11 is 1.20. The van der Waals surface area contributed by atoms with E-state index >= 15 is 0 Å². The van der Waals surface area contributed by atoms with E-state index in [-0.39, 0.29) is 5.52 Å². The van der Waals surface area contributed by atoms with Crippen LogP contribution < -0.4 is 0 Å². The zero-order valence-corrected chi connectivity index (χ0v) is 13.4. The highest BCUT2D eigenvalue weighted by molar-refractivity contribution is 7.19. The van der Waals surface area contributed by atoms with Gasteiger partial charge in [-0.3, -0.25) is 0 Å². The van der Waals surface area contributed by atoms with Crippen LogP contribution in [0.2, 0.25) is 0 Å². The second-order valence-electron chi connectivity index (χ2n) is 5.28. The van der Waals surface area contributed by atoms with Crippen LogP contribution in [-0.2, 0) is 6.18 Å². The maximum Gasteiger partial charge on any atom is 0.416 e. The summed E-state index contributed by atoms with van der Waals surface area (Å²) in [4.78, 5) is 4.20. The number of thiazole rings is 1. The lowest BCUT2D eigenvalue weighted by Gasteiger charge is -2.04. The molecule has 3 aromatic rings. The number of alkyl halides is 3. The Labute approximate surface area is 140 Å². The van der Waals surface area contributed by atoms with Crippen molar-refractivity contribution in [1.29, 1.82) is 5.26 Å². The number of benzene rings is 2. The van der Waals surface area contributed by atoms with E-state index in [4.69, 9.17) is 0 Å². The molecule has 1 aromatic heterocycles. The SMILES string of the molecule is Cc1cccc(/C=C(\C#N)c2nc3cc(C(F)(F)F)ccc3s2)c1. The predicted octanol–water partition coefficient (Wildman–Crippen LogP) is 5.69. The topological polar surface area (TPSA) is 36.7 Å². The summed E-state index contributed by atoms with van der Waals surface area (Å²) in [6, 6.07) is 13.1. The van der Waals surface area contributed by atoms with Gasteiger partial charge < -0.3 is 0 Å². The maximum absolute atomic E-state index is 12.8. The summed E-state index contributed by atoms with van der Waals surface area (Å²) in [5, 5.41) is 9.80. The van der Waals surface area contributed by atoms with Crippen molar-refractivity contribution in [3.8, 4) is 6.07 Å². The first kappa shape index (κ1) is 16.2. The molecule has 0 aliphatic heterocycles. The fraction of sp³-hybridized carbons (Fsp3) is 0.111. The molecular weight excluding hydrogens is 333 g/mol. The molecule has 0 amide bonds. The van der Waals surface area contributed by atoms with Gasteiger partial charge in [0.15, 0.2) is 0 Å². The summed E-state index contributed by atoms with van der Waals surface area (Å²) in [5.74, 6) is 0. The molecule has 0 aliphatic carbocycles. The molecule has 6 heteroatoms. The Balaban J connectivity index is 2.06. The molecule has 2 aromatic carbocycles. The van der Waals surface area contributed by atoms with E-state index < -0.39 is 11.7 Å². The largest absolute Gasteiger partial charge is 0.416 e. The monoisotopic (exact) mass is 344 g/mol. The average molecular weight is 344 g/mol. The molecule has 3 rings (SSSR count). The maximum atomic E-state index is 12.8. The molecule has 0 fully saturated rings. The molecule has 1 heterocycles. The van der Waals surface area contributed by atoms with Crippen LogP contribution in [0.15, 0.2) is 42.5 Å². The predicted molar refractivity (Wildman–Crippen MR) is 89.3 cm³/mol. The lowest BCUT2D eigenvalue weighted by Crippen LogP contribution is -2.03. The Morgan fingerprint density at radius 1 is 1.21 bits per heavy atom. The zero-order valence-electron chi connectivity index (χ0n) is 12.6. The van der Waals surface area contributed by atoms with Gasteiger partial charge in [-0.25, -0.2) is 4.98 Å². The van der Waals surface area contributed by atoms with E-state index in [0.717, 1.165) is 23.3 Å². The molecule has 24 heavy (non-hydrogen) atoms. The third-order valence-corrected chi connectivity index (χ3v) is 4.49. The van der Waals surface area contributed by atoms with Crippen molar-refractivity contribution >= 4 is 33.2 Å². The first-order valence-corrected chi connectivity index (χ1v) is 7.85. The third-order valence-electron chi connectivity index (χ3n) is 3.42. The first-order valence-electron chi connectivity index (χ1n) is 7.03. The smallest absolute Gasteiger partial charge is 0.235 e. The van der Waals surface area contributed by atoms with E-state index in [0.29, 0.717) is 15.3 Å². The summed E-state index contributed by atoms with van der Waals surface area (Å²) in [6.45, 7) is 1.94. The van der Waals surface area contributed by atoms with Gasteiger partial charge in [0.1, 0.15) is 11.1 Å². The number of hydrogen-bond acceptors (Lipinski definition) is 3. The van der Waals surface area contributed by atoms with Crippen molar-refractivity contribution in [2.45, 2.75) is 13.1 Å². The number of nitriles is 1. The zero-order chi connectivity index (χ0) is 17.3. The van der Waals surface area contributed by atoms with E-state index in [2.05, 4.69) is 11.1 Å². The minimum Gasteiger partial charge on any atom is -0.235 e. The molecule has 0 spiro atoms. The number of aromatic nitrogens is 1. The Kier molecular flexibility index (Phi) is 4.12. The van der Waals surface area contributed by atoms with Gasteiger partial charge >= 0.3 is 6.18 Å². The standard InChI is InChI=1S/C18H11F3N2S/c1-11-3-2-4-12(7-11)8-13(10-22)17-23-15-9-14(18(19,20)21)5-6-16(15)24-17/h2-9H,1H3/b13-8+. The van der Waals surface area contributed by atoms with E-state index in [1.807, 2.05) is 31.2 Å². The minimum atomic E-state index is -4.41. The van der Waals surface area contributed by atoms with Crippen LogP contribution in [0.1, 0.15) is 21.7 Å². The van der Waals surface area contributed by atoms with Crippen LogP contribution >= 0.6 is 11.3 Å². The number of halogens is 3.